The van der Waals surface area contributed by atoms with Gasteiger partial charge in [0.15, 0.2) is 5.16 Å². The third-order valence-electron chi connectivity index (χ3n) is 5.15. The molecule has 3 aromatic rings. The number of methoxy groups -OCH3 is 2. The molecule has 3 aromatic heterocycles. The standard InChI is InChI=1S/C23H26N8O3S/c1-30-11-13-31(14-12-30)22-28-20(33-2)19(21(29-22)34-3)35-23-25-10-8-17(27-23)26-18(32)7-6-16-5-4-9-24-15-16/h4-10,15H,11-14H2,1-3H3,(H,25,26,27,32). The first kappa shape index (κ1) is 24.4. The molecule has 0 radical (unpaired) electrons. The second-order valence-corrected chi connectivity index (χ2v) is 8.57. The van der Waals surface area contributed by atoms with Crippen LogP contribution in [0, 0.1) is 0 Å². The van der Waals surface area contributed by atoms with E-state index in [-0.39, 0.29) is 5.91 Å². The fraction of sp³-hybridized carbons (Fsp3) is 0.304. The number of nitrogens with one attached hydrogen (secondary N) is 1. The van der Waals surface area contributed by atoms with Gasteiger partial charge in [-0.25, -0.2) is 9.97 Å². The second kappa shape index (κ2) is 11.6. The molecule has 4 rings (SSSR count). The van der Waals surface area contributed by atoms with Gasteiger partial charge < -0.3 is 24.6 Å². The Labute approximate surface area is 207 Å². The van der Waals surface area contributed by atoms with Gasteiger partial charge in [0.2, 0.25) is 23.6 Å². The number of amides is 1. The highest BCUT2D eigenvalue weighted by Crippen LogP contribution is 2.39. The third kappa shape index (κ3) is 6.43. The maximum atomic E-state index is 12.3. The first-order valence-electron chi connectivity index (χ1n) is 10.9. The highest BCUT2D eigenvalue weighted by atomic mass is 32.2. The Morgan fingerprint density at radius 3 is 2.46 bits per heavy atom. The second-order valence-electron chi connectivity index (χ2n) is 7.60. The van der Waals surface area contributed by atoms with E-state index in [0.717, 1.165) is 31.7 Å². The molecular formula is C23H26N8O3S. The fourth-order valence-electron chi connectivity index (χ4n) is 3.28. The number of anilines is 2. The van der Waals surface area contributed by atoms with Crippen molar-refractivity contribution in [3.8, 4) is 11.8 Å². The Kier molecular flexibility index (Phi) is 8.06. The predicted octanol–water partition coefficient (Wildman–Crippen LogP) is 2.23. The van der Waals surface area contributed by atoms with Crippen molar-refractivity contribution in [2.45, 2.75) is 10.1 Å². The molecule has 4 heterocycles. The maximum Gasteiger partial charge on any atom is 0.249 e. The van der Waals surface area contributed by atoms with Crippen molar-refractivity contribution >= 4 is 35.5 Å². The van der Waals surface area contributed by atoms with E-state index in [2.05, 4.69) is 47.1 Å². The van der Waals surface area contributed by atoms with Crippen LogP contribution in [0.15, 0.2) is 52.9 Å². The van der Waals surface area contributed by atoms with Crippen molar-refractivity contribution in [1.82, 2.24) is 29.8 Å². The van der Waals surface area contributed by atoms with Gasteiger partial charge in [-0.2, -0.15) is 9.97 Å². The van der Waals surface area contributed by atoms with Crippen LogP contribution in [-0.4, -0.2) is 83.2 Å². The summed E-state index contributed by atoms with van der Waals surface area (Å²) in [5.74, 6) is 1.33. The number of ether oxygens (including phenoxy) is 2. The molecule has 0 spiro atoms. The quantitative estimate of drug-likeness (QED) is 0.367. The van der Waals surface area contributed by atoms with Crippen molar-refractivity contribution in [3.63, 3.8) is 0 Å². The van der Waals surface area contributed by atoms with E-state index >= 15 is 0 Å². The molecule has 1 aliphatic heterocycles. The zero-order chi connectivity index (χ0) is 24.6. The van der Waals surface area contributed by atoms with Crippen LogP contribution in [0.4, 0.5) is 11.8 Å². The van der Waals surface area contributed by atoms with Gasteiger partial charge in [-0.05, 0) is 42.6 Å². The summed E-state index contributed by atoms with van der Waals surface area (Å²) in [6.07, 6.45) is 8.00. The molecule has 0 bridgehead atoms. The predicted molar refractivity (Wildman–Crippen MR) is 133 cm³/mol. The number of aromatic nitrogens is 5. The Bertz CT molecular complexity index is 1160. The summed E-state index contributed by atoms with van der Waals surface area (Å²) in [6, 6.07) is 5.27. The summed E-state index contributed by atoms with van der Waals surface area (Å²) < 4.78 is 11.1. The van der Waals surface area contributed by atoms with Gasteiger partial charge in [-0.15, -0.1) is 0 Å². The van der Waals surface area contributed by atoms with Gasteiger partial charge >= 0.3 is 0 Å². The number of likely N-dealkylation sites (N-methyl/N-ethyl adjacent to an activating group) is 1. The summed E-state index contributed by atoms with van der Waals surface area (Å²) in [4.78, 5) is 39.2. The Hall–Kier alpha value is -3.77. The molecule has 182 valence electrons. The number of rotatable bonds is 8. The lowest BCUT2D eigenvalue weighted by molar-refractivity contribution is -0.111. The molecule has 11 nitrogen and oxygen atoms in total. The van der Waals surface area contributed by atoms with Gasteiger partial charge in [0.25, 0.3) is 0 Å². The van der Waals surface area contributed by atoms with Crippen LogP contribution in [0.1, 0.15) is 5.56 Å². The maximum absolute atomic E-state index is 12.3. The number of nitrogens with zero attached hydrogens (tertiary/aromatic N) is 7. The van der Waals surface area contributed by atoms with Crippen molar-refractivity contribution in [2.75, 3.05) is 57.7 Å². The van der Waals surface area contributed by atoms with E-state index in [0.29, 0.717) is 33.6 Å². The van der Waals surface area contributed by atoms with Gasteiger partial charge in [-0.3, -0.25) is 9.78 Å². The van der Waals surface area contributed by atoms with E-state index in [1.54, 1.807) is 51.0 Å². The normalized spacial score (nSPS) is 14.2. The highest BCUT2D eigenvalue weighted by molar-refractivity contribution is 7.99. The average molecular weight is 495 g/mol. The minimum absolute atomic E-state index is 0.321. The molecule has 1 amide bonds. The first-order valence-corrected chi connectivity index (χ1v) is 11.7. The molecule has 12 heteroatoms. The summed E-state index contributed by atoms with van der Waals surface area (Å²) in [5, 5.41) is 3.12. The topological polar surface area (TPSA) is 118 Å². The minimum Gasteiger partial charge on any atom is -0.480 e. The molecule has 0 aromatic carbocycles. The smallest absolute Gasteiger partial charge is 0.249 e. The molecule has 0 saturated carbocycles. The molecule has 0 aliphatic carbocycles. The Morgan fingerprint density at radius 1 is 1.06 bits per heavy atom. The number of hydrogen-bond acceptors (Lipinski definition) is 11. The lowest BCUT2D eigenvalue weighted by atomic mass is 10.2. The van der Waals surface area contributed by atoms with Crippen molar-refractivity contribution in [3.05, 3.63) is 48.4 Å². The van der Waals surface area contributed by atoms with Crippen molar-refractivity contribution < 1.29 is 14.3 Å². The summed E-state index contributed by atoms with van der Waals surface area (Å²) in [5.41, 5.74) is 0.820. The average Bonchev–Trinajstić information content (AvgIpc) is 2.89. The fourth-order valence-corrected chi connectivity index (χ4v) is 4.15. The van der Waals surface area contributed by atoms with Crippen LogP contribution >= 0.6 is 11.8 Å². The van der Waals surface area contributed by atoms with Crippen molar-refractivity contribution in [1.29, 1.82) is 0 Å². The lowest BCUT2D eigenvalue weighted by Crippen LogP contribution is -2.45. The van der Waals surface area contributed by atoms with Crippen LogP contribution in [0.25, 0.3) is 6.08 Å². The van der Waals surface area contributed by atoms with Crippen molar-refractivity contribution in [2.24, 2.45) is 0 Å². The van der Waals surface area contributed by atoms with E-state index in [1.165, 1.54) is 17.8 Å². The SMILES string of the molecule is COc1nc(N2CCN(C)CC2)nc(OC)c1Sc1nccc(NC(=O)C=Cc2cccnc2)n1. The van der Waals surface area contributed by atoms with Gasteiger partial charge in [0.1, 0.15) is 10.7 Å². The Morgan fingerprint density at radius 2 is 1.80 bits per heavy atom. The van der Waals surface area contributed by atoms with E-state index in [9.17, 15) is 4.79 Å². The Balaban J connectivity index is 1.50. The van der Waals surface area contributed by atoms with E-state index in [4.69, 9.17) is 9.47 Å². The zero-order valence-corrected chi connectivity index (χ0v) is 20.5. The van der Waals surface area contributed by atoms with Crippen LogP contribution in [0.3, 0.4) is 0 Å². The van der Waals surface area contributed by atoms with Crippen LogP contribution < -0.4 is 19.7 Å². The molecule has 0 atom stereocenters. The number of piperazine rings is 1. The first-order chi connectivity index (χ1) is 17.1. The van der Waals surface area contributed by atoms with Crippen LogP contribution in [0.5, 0.6) is 11.8 Å². The minimum atomic E-state index is -0.321. The van der Waals surface area contributed by atoms with Crippen LogP contribution in [0.2, 0.25) is 0 Å². The molecule has 1 aliphatic rings. The summed E-state index contributed by atoms with van der Waals surface area (Å²) >= 11 is 1.20. The monoisotopic (exact) mass is 494 g/mol. The molecule has 0 unspecified atom stereocenters. The molecule has 1 fully saturated rings. The van der Waals surface area contributed by atoms with Crippen LogP contribution in [-0.2, 0) is 4.79 Å². The lowest BCUT2D eigenvalue weighted by Gasteiger charge is -2.32. The molecular weight excluding hydrogens is 468 g/mol. The van der Waals surface area contributed by atoms with E-state index < -0.39 is 0 Å². The van der Waals surface area contributed by atoms with E-state index in [1.807, 2.05) is 6.07 Å². The number of pyridine rings is 1. The number of carbonyl (C=O) groups is 1. The highest BCUT2D eigenvalue weighted by Gasteiger charge is 2.23. The largest absolute Gasteiger partial charge is 0.480 e. The molecule has 1 N–H and O–H groups in total. The van der Waals surface area contributed by atoms with Gasteiger partial charge in [0, 0.05) is 50.8 Å². The molecule has 35 heavy (non-hydrogen) atoms. The van der Waals surface area contributed by atoms with Gasteiger partial charge in [-0.1, -0.05) is 6.07 Å². The molecule has 1 saturated heterocycles. The van der Waals surface area contributed by atoms with Gasteiger partial charge in [0.05, 0.1) is 14.2 Å². The zero-order valence-electron chi connectivity index (χ0n) is 19.7. The third-order valence-corrected chi connectivity index (χ3v) is 6.09. The summed E-state index contributed by atoms with van der Waals surface area (Å²) in [7, 11) is 5.18. The number of carbonyl (C=O) groups excluding carboxylic acids is 1. The number of hydrogen-bond donors (Lipinski definition) is 1. The summed E-state index contributed by atoms with van der Waals surface area (Å²) in [6.45, 7) is 3.48.